The summed E-state index contributed by atoms with van der Waals surface area (Å²) in [6.45, 7) is 3.16. The molecule has 1 saturated heterocycles. The van der Waals surface area contributed by atoms with Gasteiger partial charge in [-0.25, -0.2) is 9.78 Å². The van der Waals surface area contributed by atoms with Crippen LogP contribution in [0.15, 0.2) is 60.8 Å². The van der Waals surface area contributed by atoms with Crippen LogP contribution in [0.2, 0.25) is 0 Å². The Labute approximate surface area is 211 Å². The number of anilines is 3. The van der Waals surface area contributed by atoms with Gasteiger partial charge in [0.05, 0.1) is 35.1 Å². The van der Waals surface area contributed by atoms with E-state index in [0.29, 0.717) is 33.4 Å². The third kappa shape index (κ3) is 4.06. The fraction of sp³-hybridized carbons (Fsp3) is 0.222. The number of para-hydroxylation sites is 1. The van der Waals surface area contributed by atoms with Gasteiger partial charge in [0.15, 0.2) is 0 Å². The van der Waals surface area contributed by atoms with Crippen LogP contribution in [0.1, 0.15) is 28.1 Å². The van der Waals surface area contributed by atoms with E-state index < -0.39 is 0 Å². The Kier molecular flexibility index (Phi) is 5.79. The van der Waals surface area contributed by atoms with Gasteiger partial charge in [-0.3, -0.25) is 9.69 Å². The summed E-state index contributed by atoms with van der Waals surface area (Å²) in [6, 6.07) is 16.6. The zero-order valence-corrected chi connectivity index (χ0v) is 20.4. The summed E-state index contributed by atoms with van der Waals surface area (Å²) in [5, 5.41) is 6.76. The van der Waals surface area contributed by atoms with Crippen molar-refractivity contribution in [1.82, 2.24) is 10.3 Å². The molecule has 3 amide bonds. The number of benzene rings is 2. The van der Waals surface area contributed by atoms with Gasteiger partial charge in [0, 0.05) is 12.8 Å². The van der Waals surface area contributed by atoms with Crippen molar-refractivity contribution in [3.8, 4) is 11.5 Å². The van der Waals surface area contributed by atoms with Crippen molar-refractivity contribution in [2.24, 2.45) is 0 Å². The van der Waals surface area contributed by atoms with Crippen LogP contribution in [-0.2, 0) is 4.74 Å². The Morgan fingerprint density at radius 2 is 2.03 bits per heavy atom. The van der Waals surface area contributed by atoms with Crippen LogP contribution < -0.4 is 20.3 Å². The predicted molar refractivity (Wildman–Crippen MR) is 140 cm³/mol. The quantitative estimate of drug-likeness (QED) is 0.351. The van der Waals surface area contributed by atoms with Crippen LogP contribution >= 0.6 is 11.3 Å². The molecule has 36 heavy (non-hydrogen) atoms. The van der Waals surface area contributed by atoms with E-state index in [1.54, 1.807) is 11.1 Å². The van der Waals surface area contributed by atoms with Gasteiger partial charge in [-0.2, -0.15) is 0 Å². The number of thiophene rings is 1. The highest BCUT2D eigenvalue weighted by Gasteiger charge is 2.33. The Bertz CT molecular complexity index is 1460. The molecule has 9 heteroatoms. The number of aromatic nitrogens is 1. The number of urea groups is 1. The van der Waals surface area contributed by atoms with Gasteiger partial charge in [-0.05, 0) is 61.7 Å². The lowest BCUT2D eigenvalue weighted by molar-refractivity contribution is 0.0626. The van der Waals surface area contributed by atoms with E-state index in [-0.39, 0.29) is 18.0 Å². The first-order valence-corrected chi connectivity index (χ1v) is 12.6. The molecule has 0 aliphatic carbocycles. The van der Waals surface area contributed by atoms with Crippen LogP contribution in [0.25, 0.3) is 10.2 Å². The molecule has 2 aliphatic heterocycles. The molecule has 4 aromatic rings. The maximum Gasteiger partial charge on any atom is 0.331 e. The lowest BCUT2D eigenvalue weighted by Gasteiger charge is -2.29. The molecular formula is C27H24N4O4S. The van der Waals surface area contributed by atoms with Gasteiger partial charge in [-0.1, -0.05) is 18.2 Å². The molecule has 2 aromatic carbocycles. The summed E-state index contributed by atoms with van der Waals surface area (Å²) in [7, 11) is 0. The van der Waals surface area contributed by atoms with Crippen molar-refractivity contribution in [2.45, 2.75) is 25.8 Å². The molecule has 0 bridgehead atoms. The van der Waals surface area contributed by atoms with E-state index in [2.05, 4.69) is 15.6 Å². The smallest absolute Gasteiger partial charge is 0.331 e. The molecule has 2 aliphatic rings. The second-order valence-electron chi connectivity index (χ2n) is 8.83. The van der Waals surface area contributed by atoms with Gasteiger partial charge < -0.3 is 20.1 Å². The summed E-state index contributed by atoms with van der Waals surface area (Å²) in [5.41, 5.74) is 2.80. The van der Waals surface area contributed by atoms with Crippen LogP contribution in [0.5, 0.6) is 11.5 Å². The minimum atomic E-state index is -0.330. The number of carbonyl (C=O) groups excluding carboxylic acids is 2. The third-order valence-electron chi connectivity index (χ3n) is 6.34. The molecule has 0 saturated carbocycles. The van der Waals surface area contributed by atoms with Crippen molar-refractivity contribution in [1.29, 1.82) is 0 Å². The fourth-order valence-electron chi connectivity index (χ4n) is 4.66. The van der Waals surface area contributed by atoms with Gasteiger partial charge in [-0.15, -0.1) is 11.3 Å². The second kappa shape index (κ2) is 9.25. The third-order valence-corrected chi connectivity index (χ3v) is 7.43. The number of ether oxygens (including phenoxy) is 2. The minimum absolute atomic E-state index is 0.0360. The monoisotopic (exact) mass is 500 g/mol. The number of amides is 3. The zero-order chi connectivity index (χ0) is 24.6. The first-order valence-electron chi connectivity index (χ1n) is 11.8. The van der Waals surface area contributed by atoms with E-state index in [1.807, 2.05) is 61.5 Å². The Morgan fingerprint density at radius 3 is 2.81 bits per heavy atom. The van der Waals surface area contributed by atoms with Crippen molar-refractivity contribution >= 4 is 50.6 Å². The number of nitrogens with zero attached hydrogens (tertiary/aromatic N) is 2. The Hall–Kier alpha value is -3.95. The number of nitrogens with one attached hydrogen (secondary N) is 2. The lowest BCUT2D eigenvalue weighted by atomic mass is 10.1. The summed E-state index contributed by atoms with van der Waals surface area (Å²) < 4.78 is 11.4. The highest BCUT2D eigenvalue weighted by molar-refractivity contribution is 7.21. The number of carbonyl (C=O) groups is 2. The average molecular weight is 501 g/mol. The van der Waals surface area contributed by atoms with Gasteiger partial charge in [0.25, 0.3) is 5.91 Å². The van der Waals surface area contributed by atoms with Crippen LogP contribution in [-0.4, -0.2) is 36.2 Å². The molecule has 1 fully saturated rings. The molecule has 0 spiro atoms. The standard InChI is InChI=1S/C27H24N4O4S/c1-16-14-19(35-18-7-3-2-4-8-18)9-10-20(16)31-21-11-12-28-26-22(21)23(30-27(31)33)24(36-26)25(32)29-17-6-5-13-34-15-17/h2-4,7-12,14,17H,5-6,13,15H2,1H3,(H,29,32)(H,30,33). The summed E-state index contributed by atoms with van der Waals surface area (Å²) in [5.74, 6) is 1.20. The molecule has 4 heterocycles. The van der Waals surface area contributed by atoms with Gasteiger partial charge >= 0.3 is 6.03 Å². The Morgan fingerprint density at radius 1 is 1.17 bits per heavy atom. The molecule has 8 nitrogen and oxygen atoms in total. The summed E-state index contributed by atoms with van der Waals surface area (Å²) in [6.07, 6.45) is 3.46. The summed E-state index contributed by atoms with van der Waals surface area (Å²) in [4.78, 5) is 33.8. The SMILES string of the molecule is Cc1cc(Oc2ccccc2)ccc1N1C(=O)Nc2c(C(=O)NC3CCCOC3)sc3nccc1c23. The molecular weight excluding hydrogens is 476 g/mol. The first kappa shape index (κ1) is 22.5. The van der Waals surface area contributed by atoms with Crippen molar-refractivity contribution in [3.05, 3.63) is 71.2 Å². The molecule has 0 radical (unpaired) electrons. The Balaban J connectivity index is 1.34. The van der Waals surface area contributed by atoms with Crippen molar-refractivity contribution in [3.63, 3.8) is 0 Å². The second-order valence-corrected chi connectivity index (χ2v) is 9.83. The maximum atomic E-state index is 13.4. The van der Waals surface area contributed by atoms with Crippen LogP contribution in [0.4, 0.5) is 21.9 Å². The molecule has 1 unspecified atom stereocenters. The van der Waals surface area contributed by atoms with Gasteiger partial charge in [0.2, 0.25) is 0 Å². The number of rotatable bonds is 5. The highest BCUT2D eigenvalue weighted by atomic mass is 32.1. The van der Waals surface area contributed by atoms with Crippen LogP contribution in [0.3, 0.4) is 0 Å². The van der Waals surface area contributed by atoms with E-state index in [4.69, 9.17) is 9.47 Å². The number of hydrogen-bond donors (Lipinski definition) is 2. The number of aryl methyl sites for hydroxylation is 1. The highest BCUT2D eigenvalue weighted by Crippen LogP contribution is 2.46. The summed E-state index contributed by atoms with van der Waals surface area (Å²) >= 11 is 1.28. The molecule has 6 rings (SSSR count). The lowest BCUT2D eigenvalue weighted by Crippen LogP contribution is -2.41. The topological polar surface area (TPSA) is 92.8 Å². The van der Waals surface area contributed by atoms with E-state index in [0.717, 1.165) is 41.8 Å². The molecule has 182 valence electrons. The number of pyridine rings is 1. The van der Waals surface area contributed by atoms with Crippen molar-refractivity contribution < 1.29 is 19.1 Å². The average Bonchev–Trinajstić information content (AvgIpc) is 3.26. The number of hydrogen-bond acceptors (Lipinski definition) is 6. The molecule has 2 aromatic heterocycles. The first-order chi connectivity index (χ1) is 17.6. The normalized spacial score (nSPS) is 17.1. The zero-order valence-electron chi connectivity index (χ0n) is 19.6. The van der Waals surface area contributed by atoms with Crippen LogP contribution in [0, 0.1) is 6.92 Å². The van der Waals surface area contributed by atoms with Crippen molar-refractivity contribution in [2.75, 3.05) is 23.4 Å². The molecule has 1 atom stereocenters. The van der Waals surface area contributed by atoms with E-state index >= 15 is 0 Å². The van der Waals surface area contributed by atoms with E-state index in [1.165, 1.54) is 11.3 Å². The largest absolute Gasteiger partial charge is 0.457 e. The van der Waals surface area contributed by atoms with E-state index in [9.17, 15) is 9.59 Å². The minimum Gasteiger partial charge on any atom is -0.457 e. The van der Waals surface area contributed by atoms with Gasteiger partial charge in [0.1, 0.15) is 21.2 Å². The maximum absolute atomic E-state index is 13.4. The molecule has 2 N–H and O–H groups in total. The fourth-order valence-corrected chi connectivity index (χ4v) is 5.68. The predicted octanol–water partition coefficient (Wildman–Crippen LogP) is 5.99.